The molecular formula is C20H31FIN3O3. The summed E-state index contributed by atoms with van der Waals surface area (Å²) in [5.41, 5.74) is 0.900. The van der Waals surface area contributed by atoms with Crippen LogP contribution in [0.3, 0.4) is 0 Å². The molecule has 2 rings (SSSR count). The van der Waals surface area contributed by atoms with E-state index in [9.17, 15) is 9.18 Å². The molecule has 0 aliphatic heterocycles. The van der Waals surface area contributed by atoms with E-state index >= 15 is 0 Å². The minimum atomic E-state index is -0.266. The standard InChI is InChI=1S/C20H30FN3O3.HI/c1-4-27-19(25)15-7-11-17(12-8-15)24-20(22-2)23-13-18(26-3)14-5-9-16(21)10-6-14;/h5-6,9-10,15,17-18H,4,7-8,11-13H2,1-3H3,(H2,22,23,24);1H. The molecule has 0 aromatic heterocycles. The van der Waals surface area contributed by atoms with Gasteiger partial charge in [0.05, 0.1) is 18.6 Å². The van der Waals surface area contributed by atoms with Crippen LogP contribution >= 0.6 is 24.0 Å². The van der Waals surface area contributed by atoms with E-state index in [-0.39, 0.29) is 53.8 Å². The average molecular weight is 507 g/mol. The van der Waals surface area contributed by atoms with Crippen LogP contribution in [0, 0.1) is 11.7 Å². The average Bonchev–Trinajstić information content (AvgIpc) is 2.69. The van der Waals surface area contributed by atoms with E-state index in [1.165, 1.54) is 12.1 Å². The van der Waals surface area contributed by atoms with Crippen molar-refractivity contribution in [1.29, 1.82) is 0 Å². The Morgan fingerprint density at radius 3 is 2.43 bits per heavy atom. The van der Waals surface area contributed by atoms with Crippen molar-refractivity contribution in [1.82, 2.24) is 10.6 Å². The van der Waals surface area contributed by atoms with Gasteiger partial charge < -0.3 is 20.1 Å². The molecule has 0 spiro atoms. The van der Waals surface area contributed by atoms with Gasteiger partial charge in [-0.1, -0.05) is 12.1 Å². The number of carbonyl (C=O) groups excluding carboxylic acids is 1. The van der Waals surface area contributed by atoms with E-state index in [2.05, 4.69) is 15.6 Å². The molecular weight excluding hydrogens is 476 g/mol. The molecule has 0 radical (unpaired) electrons. The van der Waals surface area contributed by atoms with Gasteiger partial charge in [0, 0.05) is 26.7 Å². The third-order valence-electron chi connectivity index (χ3n) is 4.89. The van der Waals surface area contributed by atoms with Crippen LogP contribution in [0.4, 0.5) is 4.39 Å². The van der Waals surface area contributed by atoms with Gasteiger partial charge in [-0.25, -0.2) is 4.39 Å². The fraction of sp³-hybridized carbons (Fsp3) is 0.600. The number of nitrogens with one attached hydrogen (secondary N) is 2. The summed E-state index contributed by atoms with van der Waals surface area (Å²) >= 11 is 0. The van der Waals surface area contributed by atoms with Gasteiger partial charge in [-0.15, -0.1) is 24.0 Å². The fourth-order valence-corrected chi connectivity index (χ4v) is 3.33. The Hall–Kier alpha value is -1.42. The minimum Gasteiger partial charge on any atom is -0.466 e. The number of guanidine groups is 1. The van der Waals surface area contributed by atoms with Crippen LogP contribution in [0.1, 0.15) is 44.3 Å². The number of hydrogen-bond donors (Lipinski definition) is 2. The summed E-state index contributed by atoms with van der Waals surface area (Å²) in [6.45, 7) is 2.78. The maximum absolute atomic E-state index is 13.1. The Kier molecular flexibility index (Phi) is 11.4. The van der Waals surface area contributed by atoms with Crippen molar-refractivity contribution in [2.24, 2.45) is 10.9 Å². The number of rotatable bonds is 7. The Balaban J connectivity index is 0.00000392. The molecule has 1 saturated carbocycles. The first-order valence-corrected chi connectivity index (χ1v) is 9.49. The Morgan fingerprint density at radius 1 is 1.25 bits per heavy atom. The second kappa shape index (κ2) is 12.9. The van der Waals surface area contributed by atoms with Crippen molar-refractivity contribution in [3.8, 4) is 0 Å². The molecule has 1 aliphatic carbocycles. The van der Waals surface area contributed by atoms with Crippen molar-refractivity contribution in [2.45, 2.75) is 44.8 Å². The van der Waals surface area contributed by atoms with Crippen molar-refractivity contribution >= 4 is 35.9 Å². The lowest BCUT2D eigenvalue weighted by atomic mass is 9.86. The Morgan fingerprint density at radius 2 is 1.89 bits per heavy atom. The molecule has 0 saturated heterocycles. The molecule has 0 amide bonds. The molecule has 0 bridgehead atoms. The van der Waals surface area contributed by atoms with Crippen LogP contribution < -0.4 is 10.6 Å². The summed E-state index contributed by atoms with van der Waals surface area (Å²) in [4.78, 5) is 16.1. The molecule has 0 heterocycles. The van der Waals surface area contributed by atoms with Crippen molar-refractivity contribution in [3.63, 3.8) is 0 Å². The second-order valence-electron chi connectivity index (χ2n) is 6.67. The lowest BCUT2D eigenvalue weighted by molar-refractivity contribution is -0.149. The quantitative estimate of drug-likeness (QED) is 0.256. The number of methoxy groups -OCH3 is 1. The van der Waals surface area contributed by atoms with Gasteiger partial charge in [-0.05, 0) is 50.3 Å². The molecule has 1 fully saturated rings. The zero-order chi connectivity index (χ0) is 19.6. The van der Waals surface area contributed by atoms with E-state index in [1.54, 1.807) is 26.3 Å². The summed E-state index contributed by atoms with van der Waals surface area (Å²) in [6, 6.07) is 6.57. The summed E-state index contributed by atoms with van der Waals surface area (Å²) in [7, 11) is 3.35. The Bertz CT molecular complexity index is 620. The normalized spacial score (nSPS) is 20.6. The zero-order valence-electron chi connectivity index (χ0n) is 16.7. The smallest absolute Gasteiger partial charge is 0.308 e. The molecule has 6 nitrogen and oxygen atoms in total. The molecule has 8 heteroatoms. The maximum Gasteiger partial charge on any atom is 0.308 e. The number of aliphatic imine (C=N–C) groups is 1. The largest absolute Gasteiger partial charge is 0.466 e. The van der Waals surface area contributed by atoms with Crippen LogP contribution in [0.2, 0.25) is 0 Å². The van der Waals surface area contributed by atoms with Gasteiger partial charge >= 0.3 is 5.97 Å². The SMILES string of the molecule is CCOC(=O)C1CCC(NC(=NC)NCC(OC)c2ccc(F)cc2)CC1.I. The van der Waals surface area contributed by atoms with Gasteiger partial charge in [0.25, 0.3) is 0 Å². The van der Waals surface area contributed by atoms with Crippen LogP contribution in [0.15, 0.2) is 29.3 Å². The number of hydrogen-bond acceptors (Lipinski definition) is 4. The number of esters is 1. The van der Waals surface area contributed by atoms with Crippen molar-refractivity contribution in [2.75, 3.05) is 27.3 Å². The molecule has 158 valence electrons. The number of ether oxygens (including phenoxy) is 2. The fourth-order valence-electron chi connectivity index (χ4n) is 3.33. The molecule has 1 unspecified atom stereocenters. The zero-order valence-corrected chi connectivity index (χ0v) is 19.1. The summed E-state index contributed by atoms with van der Waals surface area (Å²) in [5.74, 6) is 0.353. The van der Waals surface area contributed by atoms with E-state index in [4.69, 9.17) is 9.47 Å². The molecule has 1 aromatic carbocycles. The van der Waals surface area contributed by atoms with E-state index in [0.29, 0.717) is 19.1 Å². The van der Waals surface area contributed by atoms with E-state index in [0.717, 1.165) is 31.2 Å². The lowest BCUT2D eigenvalue weighted by Gasteiger charge is -2.29. The lowest BCUT2D eigenvalue weighted by Crippen LogP contribution is -2.46. The van der Waals surface area contributed by atoms with Gasteiger partial charge in [0.15, 0.2) is 5.96 Å². The van der Waals surface area contributed by atoms with Gasteiger partial charge in [0.2, 0.25) is 0 Å². The molecule has 2 N–H and O–H groups in total. The van der Waals surface area contributed by atoms with E-state index in [1.807, 2.05) is 6.92 Å². The molecule has 1 aromatic rings. The van der Waals surface area contributed by atoms with Gasteiger partial charge in [-0.3, -0.25) is 9.79 Å². The topological polar surface area (TPSA) is 72.0 Å². The summed E-state index contributed by atoms with van der Waals surface area (Å²) < 4.78 is 23.7. The third kappa shape index (κ3) is 7.54. The molecule has 28 heavy (non-hydrogen) atoms. The molecule has 1 atom stereocenters. The van der Waals surface area contributed by atoms with Crippen LogP contribution in [0.5, 0.6) is 0 Å². The number of carbonyl (C=O) groups is 1. The predicted octanol–water partition coefficient (Wildman–Crippen LogP) is 3.42. The predicted molar refractivity (Wildman–Crippen MR) is 118 cm³/mol. The summed E-state index contributed by atoms with van der Waals surface area (Å²) in [5, 5.41) is 6.67. The molecule has 1 aliphatic rings. The highest BCUT2D eigenvalue weighted by atomic mass is 127. The van der Waals surface area contributed by atoms with Crippen molar-refractivity contribution in [3.05, 3.63) is 35.6 Å². The highest BCUT2D eigenvalue weighted by molar-refractivity contribution is 14.0. The number of nitrogens with zero attached hydrogens (tertiary/aromatic N) is 1. The minimum absolute atomic E-state index is 0. The highest BCUT2D eigenvalue weighted by Crippen LogP contribution is 2.25. The maximum atomic E-state index is 13.1. The highest BCUT2D eigenvalue weighted by Gasteiger charge is 2.27. The van der Waals surface area contributed by atoms with Gasteiger partial charge in [-0.2, -0.15) is 0 Å². The first-order chi connectivity index (χ1) is 13.1. The number of halogens is 2. The first kappa shape index (κ1) is 24.6. The monoisotopic (exact) mass is 507 g/mol. The Labute approximate surface area is 183 Å². The van der Waals surface area contributed by atoms with Crippen LogP contribution in [-0.4, -0.2) is 45.3 Å². The third-order valence-corrected chi connectivity index (χ3v) is 4.89. The van der Waals surface area contributed by atoms with E-state index < -0.39 is 0 Å². The second-order valence-corrected chi connectivity index (χ2v) is 6.67. The van der Waals surface area contributed by atoms with Crippen LogP contribution in [-0.2, 0) is 14.3 Å². The number of benzene rings is 1. The van der Waals surface area contributed by atoms with Crippen LogP contribution in [0.25, 0.3) is 0 Å². The first-order valence-electron chi connectivity index (χ1n) is 9.49. The van der Waals surface area contributed by atoms with Crippen molar-refractivity contribution < 1.29 is 18.7 Å². The summed E-state index contributed by atoms with van der Waals surface area (Å²) in [6.07, 6.45) is 3.24. The van der Waals surface area contributed by atoms with Gasteiger partial charge in [0.1, 0.15) is 5.82 Å².